The molecule has 152 valence electrons. The molecule has 2 amide bonds. The summed E-state index contributed by atoms with van der Waals surface area (Å²) in [6.07, 6.45) is 12.4. The largest absolute Gasteiger partial charge is 0.481 e. The summed E-state index contributed by atoms with van der Waals surface area (Å²) in [4.78, 5) is 22.6. The number of unbranched alkanes of at least 4 members (excludes halogenated alkanes) is 1. The third-order valence-electron chi connectivity index (χ3n) is 6.41. The monoisotopic (exact) mass is 384 g/mol. The van der Waals surface area contributed by atoms with Crippen molar-refractivity contribution in [3.63, 3.8) is 0 Å². The lowest BCUT2D eigenvalue weighted by Crippen LogP contribution is -2.32. The van der Waals surface area contributed by atoms with Crippen LogP contribution in [0.4, 0.5) is 10.5 Å². The van der Waals surface area contributed by atoms with Gasteiger partial charge < -0.3 is 15.7 Å². The molecule has 28 heavy (non-hydrogen) atoms. The van der Waals surface area contributed by atoms with Crippen molar-refractivity contribution >= 4 is 17.7 Å². The highest BCUT2D eigenvalue weighted by atomic mass is 16.4. The van der Waals surface area contributed by atoms with E-state index in [0.29, 0.717) is 24.8 Å². The number of nitrogens with one attached hydrogen (secondary N) is 2. The average Bonchev–Trinajstić information content (AvgIpc) is 3.27. The third kappa shape index (κ3) is 5.85. The van der Waals surface area contributed by atoms with E-state index in [1.165, 1.54) is 19.3 Å². The van der Waals surface area contributed by atoms with Crippen LogP contribution < -0.4 is 10.6 Å². The Morgan fingerprint density at radius 3 is 2.57 bits per heavy atom. The average molecular weight is 385 g/mol. The smallest absolute Gasteiger partial charge is 0.319 e. The minimum Gasteiger partial charge on any atom is -0.481 e. The van der Waals surface area contributed by atoms with Crippen LogP contribution in [0.25, 0.3) is 0 Å². The first-order valence-corrected chi connectivity index (χ1v) is 10.6. The second-order valence-corrected chi connectivity index (χ2v) is 8.19. The maximum absolute atomic E-state index is 12.1. The van der Waals surface area contributed by atoms with E-state index in [1.807, 2.05) is 30.3 Å². The number of hydrogen-bond donors (Lipinski definition) is 3. The molecule has 4 unspecified atom stereocenters. The Bertz CT molecular complexity index is 674. The molecule has 0 spiro atoms. The number of carbonyl (C=O) groups is 2. The number of benzene rings is 1. The lowest BCUT2D eigenvalue weighted by molar-refractivity contribution is -0.137. The number of para-hydroxylation sites is 1. The number of hydrogen-bond acceptors (Lipinski definition) is 2. The fourth-order valence-electron chi connectivity index (χ4n) is 5.14. The van der Waals surface area contributed by atoms with Gasteiger partial charge in [-0.25, -0.2) is 4.79 Å². The van der Waals surface area contributed by atoms with Crippen molar-refractivity contribution in [3.05, 3.63) is 42.5 Å². The predicted octanol–water partition coefficient (Wildman–Crippen LogP) is 5.06. The van der Waals surface area contributed by atoms with E-state index in [-0.39, 0.29) is 12.5 Å². The topological polar surface area (TPSA) is 78.4 Å². The van der Waals surface area contributed by atoms with Gasteiger partial charge in [-0.1, -0.05) is 30.4 Å². The molecule has 1 aromatic carbocycles. The molecule has 2 saturated carbocycles. The molecule has 5 nitrogen and oxygen atoms in total. The SMILES string of the molecule is O=C(O)CCCC=CCC1C2CCC(C2)C1CCNC(=O)Nc1ccccc1. The van der Waals surface area contributed by atoms with Crippen LogP contribution in [0.5, 0.6) is 0 Å². The maximum Gasteiger partial charge on any atom is 0.319 e. The molecule has 2 fully saturated rings. The zero-order valence-electron chi connectivity index (χ0n) is 16.5. The second-order valence-electron chi connectivity index (χ2n) is 8.19. The lowest BCUT2D eigenvalue weighted by atomic mass is 9.76. The van der Waals surface area contributed by atoms with Crippen molar-refractivity contribution in [1.82, 2.24) is 5.32 Å². The zero-order chi connectivity index (χ0) is 19.8. The van der Waals surface area contributed by atoms with E-state index in [1.54, 1.807) is 0 Å². The third-order valence-corrected chi connectivity index (χ3v) is 6.41. The molecule has 0 radical (unpaired) electrons. The normalized spacial score (nSPS) is 25.9. The summed E-state index contributed by atoms with van der Waals surface area (Å²) in [5, 5.41) is 14.6. The number of carbonyl (C=O) groups excluding carboxylic acids is 1. The Kier molecular flexibility index (Phi) is 7.52. The van der Waals surface area contributed by atoms with Crippen LogP contribution in [0.1, 0.15) is 51.4 Å². The summed E-state index contributed by atoms with van der Waals surface area (Å²) in [5.41, 5.74) is 0.811. The number of carboxylic acids is 1. The first-order chi connectivity index (χ1) is 13.6. The van der Waals surface area contributed by atoms with Crippen LogP contribution in [0.3, 0.4) is 0 Å². The summed E-state index contributed by atoms with van der Waals surface area (Å²) < 4.78 is 0. The van der Waals surface area contributed by atoms with E-state index >= 15 is 0 Å². The molecular formula is C23H32N2O3. The minimum atomic E-state index is -0.717. The van der Waals surface area contributed by atoms with Crippen LogP contribution in [-0.2, 0) is 4.79 Å². The van der Waals surface area contributed by atoms with Gasteiger partial charge in [-0.3, -0.25) is 4.79 Å². The fourth-order valence-corrected chi connectivity index (χ4v) is 5.14. The van der Waals surface area contributed by atoms with E-state index in [4.69, 9.17) is 5.11 Å². The van der Waals surface area contributed by atoms with Gasteiger partial charge in [0.1, 0.15) is 0 Å². The molecule has 3 N–H and O–H groups in total. The Balaban J connectivity index is 1.40. The van der Waals surface area contributed by atoms with Gasteiger partial charge in [0.2, 0.25) is 0 Å². The predicted molar refractivity (Wildman–Crippen MR) is 111 cm³/mol. The lowest BCUT2D eigenvalue weighted by Gasteiger charge is -2.30. The van der Waals surface area contributed by atoms with Crippen molar-refractivity contribution in [2.45, 2.75) is 51.4 Å². The Labute approximate surface area is 167 Å². The highest BCUT2D eigenvalue weighted by Crippen LogP contribution is 2.54. The number of anilines is 1. The molecule has 1 aromatic rings. The van der Waals surface area contributed by atoms with Gasteiger partial charge in [0.15, 0.2) is 0 Å². The van der Waals surface area contributed by atoms with Crippen molar-refractivity contribution in [2.75, 3.05) is 11.9 Å². The summed E-state index contributed by atoms with van der Waals surface area (Å²) in [6, 6.07) is 9.38. The number of carboxylic acid groups (broad SMARTS) is 1. The Morgan fingerprint density at radius 2 is 1.82 bits per heavy atom. The highest BCUT2D eigenvalue weighted by molar-refractivity contribution is 5.89. The maximum atomic E-state index is 12.1. The standard InChI is InChI=1S/C23H32N2O3/c26-22(27)11-7-2-1-6-10-20-17-12-13-18(16-17)21(20)14-15-24-23(28)25-19-8-4-3-5-9-19/h1,3-6,8-9,17-18,20-21H,2,7,10-16H2,(H,26,27)(H2,24,25,28). The number of aliphatic carboxylic acids is 1. The van der Waals surface area contributed by atoms with Gasteiger partial charge >= 0.3 is 12.0 Å². The van der Waals surface area contributed by atoms with Gasteiger partial charge in [0, 0.05) is 18.7 Å². The van der Waals surface area contributed by atoms with Crippen LogP contribution in [0, 0.1) is 23.7 Å². The van der Waals surface area contributed by atoms with Crippen LogP contribution in [0.2, 0.25) is 0 Å². The quantitative estimate of drug-likeness (QED) is 0.390. The van der Waals surface area contributed by atoms with Crippen molar-refractivity contribution < 1.29 is 14.7 Å². The molecule has 0 aromatic heterocycles. The summed E-state index contributed by atoms with van der Waals surface area (Å²) in [5.74, 6) is 2.34. The van der Waals surface area contributed by atoms with Gasteiger partial charge in [0.25, 0.3) is 0 Å². The molecule has 2 aliphatic rings. The number of allylic oxidation sites excluding steroid dienone is 2. The molecule has 0 saturated heterocycles. The number of urea groups is 1. The molecule has 0 aliphatic heterocycles. The zero-order valence-corrected chi connectivity index (χ0v) is 16.5. The van der Waals surface area contributed by atoms with E-state index in [0.717, 1.165) is 36.8 Å². The summed E-state index contributed by atoms with van der Waals surface area (Å²) in [7, 11) is 0. The molecular weight excluding hydrogens is 352 g/mol. The van der Waals surface area contributed by atoms with Gasteiger partial charge in [0.05, 0.1) is 0 Å². The molecule has 2 aliphatic carbocycles. The molecule has 3 rings (SSSR count). The molecule has 4 atom stereocenters. The van der Waals surface area contributed by atoms with Crippen molar-refractivity contribution in [1.29, 1.82) is 0 Å². The first-order valence-electron chi connectivity index (χ1n) is 10.6. The second kappa shape index (κ2) is 10.3. The van der Waals surface area contributed by atoms with E-state index in [2.05, 4.69) is 22.8 Å². The van der Waals surface area contributed by atoms with Crippen LogP contribution in [-0.4, -0.2) is 23.7 Å². The Hall–Kier alpha value is -2.30. The van der Waals surface area contributed by atoms with Crippen LogP contribution >= 0.6 is 0 Å². The number of fused-ring (bicyclic) bond motifs is 2. The van der Waals surface area contributed by atoms with Gasteiger partial charge in [-0.05, 0) is 80.8 Å². The first kappa shape index (κ1) is 20.4. The molecule has 0 heterocycles. The van der Waals surface area contributed by atoms with Gasteiger partial charge in [-0.15, -0.1) is 0 Å². The summed E-state index contributed by atoms with van der Waals surface area (Å²) >= 11 is 0. The number of amides is 2. The molecule has 2 bridgehead atoms. The van der Waals surface area contributed by atoms with E-state index < -0.39 is 5.97 Å². The minimum absolute atomic E-state index is 0.135. The Morgan fingerprint density at radius 1 is 1.07 bits per heavy atom. The fraction of sp³-hybridized carbons (Fsp3) is 0.565. The van der Waals surface area contributed by atoms with Crippen LogP contribution in [0.15, 0.2) is 42.5 Å². The van der Waals surface area contributed by atoms with Crippen molar-refractivity contribution in [3.8, 4) is 0 Å². The van der Waals surface area contributed by atoms with E-state index in [9.17, 15) is 9.59 Å². The molecule has 5 heteroatoms. The highest BCUT2D eigenvalue weighted by Gasteiger charge is 2.46. The van der Waals surface area contributed by atoms with Crippen molar-refractivity contribution in [2.24, 2.45) is 23.7 Å². The number of rotatable bonds is 10. The van der Waals surface area contributed by atoms with Gasteiger partial charge in [-0.2, -0.15) is 0 Å². The summed E-state index contributed by atoms with van der Waals surface area (Å²) in [6.45, 7) is 0.714.